The summed E-state index contributed by atoms with van der Waals surface area (Å²) in [5, 5.41) is 0. The number of hydrogen-bond donors (Lipinski definition) is 0. The van der Waals surface area contributed by atoms with Gasteiger partial charge in [0.1, 0.15) is 0 Å². The summed E-state index contributed by atoms with van der Waals surface area (Å²) in [5.41, 5.74) is 1.01. The molecule has 0 N–H and O–H groups in total. The molecule has 0 spiro atoms. The van der Waals surface area contributed by atoms with Gasteiger partial charge in [0.2, 0.25) is 0 Å². The number of ether oxygens (including phenoxy) is 1. The van der Waals surface area contributed by atoms with E-state index in [1.54, 1.807) is 24.3 Å². The number of hydrogen-bond acceptors (Lipinski definition) is 2. The first-order valence-corrected chi connectivity index (χ1v) is 5.35. The van der Waals surface area contributed by atoms with Crippen LogP contribution in [-0.2, 0) is 10.6 Å². The molecule has 1 unspecified atom stereocenters. The number of benzene rings is 1. The second kappa shape index (κ2) is 3.77. The molecule has 1 atom stereocenters. The molecule has 1 heterocycles. The molecular formula is C12H14FNO2. The fourth-order valence-corrected chi connectivity index (χ4v) is 1.89. The van der Waals surface area contributed by atoms with Crippen molar-refractivity contribution in [1.29, 1.82) is 0 Å². The Morgan fingerprint density at radius 3 is 2.81 bits per heavy atom. The topological polar surface area (TPSA) is 29.5 Å². The van der Waals surface area contributed by atoms with Gasteiger partial charge >= 0.3 is 6.09 Å². The van der Waals surface area contributed by atoms with Gasteiger partial charge in [-0.05, 0) is 12.5 Å². The van der Waals surface area contributed by atoms with E-state index in [9.17, 15) is 9.18 Å². The summed E-state index contributed by atoms with van der Waals surface area (Å²) in [6, 6.07) is 6.91. The quantitative estimate of drug-likeness (QED) is 0.770. The molecule has 3 nitrogen and oxygen atoms in total. The van der Waals surface area contributed by atoms with Crippen molar-refractivity contribution in [2.75, 3.05) is 11.4 Å². The molecular weight excluding hydrogens is 209 g/mol. The molecule has 1 aliphatic heterocycles. The lowest BCUT2D eigenvalue weighted by Crippen LogP contribution is -2.43. The lowest BCUT2D eigenvalue weighted by Gasteiger charge is -2.35. The zero-order valence-electron chi connectivity index (χ0n) is 9.37. The van der Waals surface area contributed by atoms with Crippen LogP contribution in [0.15, 0.2) is 24.3 Å². The van der Waals surface area contributed by atoms with Crippen LogP contribution >= 0.6 is 0 Å². The molecule has 86 valence electrons. The SMILES string of the molecule is CCCN1C(=O)OC(C)(F)c2ccccc21. The van der Waals surface area contributed by atoms with Crippen LogP contribution in [0.3, 0.4) is 0 Å². The fraction of sp³-hybridized carbons (Fsp3) is 0.417. The van der Waals surface area contributed by atoms with Crippen molar-refractivity contribution in [2.24, 2.45) is 0 Å². The Kier molecular flexibility index (Phi) is 2.58. The maximum absolute atomic E-state index is 14.1. The van der Waals surface area contributed by atoms with Crippen LogP contribution in [-0.4, -0.2) is 12.6 Å². The molecule has 1 aliphatic rings. The molecule has 0 aliphatic carbocycles. The van der Waals surface area contributed by atoms with Crippen molar-refractivity contribution in [3.05, 3.63) is 29.8 Å². The molecule has 4 heteroatoms. The number of para-hydroxylation sites is 1. The molecule has 16 heavy (non-hydrogen) atoms. The van der Waals surface area contributed by atoms with Crippen LogP contribution in [0.4, 0.5) is 14.9 Å². The molecule has 1 aromatic rings. The van der Waals surface area contributed by atoms with Gasteiger partial charge in [0.05, 0.1) is 11.3 Å². The number of rotatable bonds is 2. The Bertz CT molecular complexity index is 417. The molecule has 2 rings (SSSR count). The minimum atomic E-state index is -2.03. The summed E-state index contributed by atoms with van der Waals surface area (Å²) in [7, 11) is 0. The largest absolute Gasteiger partial charge is 0.417 e. The van der Waals surface area contributed by atoms with E-state index in [0.29, 0.717) is 17.8 Å². The van der Waals surface area contributed by atoms with E-state index in [1.165, 1.54) is 11.8 Å². The number of alkyl halides is 1. The molecule has 0 bridgehead atoms. The van der Waals surface area contributed by atoms with Crippen molar-refractivity contribution in [3.63, 3.8) is 0 Å². The van der Waals surface area contributed by atoms with Crippen LogP contribution in [0.2, 0.25) is 0 Å². The Hall–Kier alpha value is -1.58. The third-order valence-electron chi connectivity index (χ3n) is 2.62. The van der Waals surface area contributed by atoms with E-state index in [-0.39, 0.29) is 0 Å². The van der Waals surface area contributed by atoms with Crippen LogP contribution < -0.4 is 4.90 Å². The van der Waals surface area contributed by atoms with Gasteiger partial charge in [-0.25, -0.2) is 4.79 Å². The Balaban J connectivity index is 2.50. The maximum atomic E-state index is 14.1. The third-order valence-corrected chi connectivity index (χ3v) is 2.62. The lowest BCUT2D eigenvalue weighted by molar-refractivity contribution is -0.0880. The second-order valence-electron chi connectivity index (χ2n) is 3.95. The highest BCUT2D eigenvalue weighted by atomic mass is 19.2. The molecule has 0 saturated heterocycles. The number of halogens is 1. The number of anilines is 1. The maximum Gasteiger partial charge on any atom is 0.417 e. The zero-order valence-corrected chi connectivity index (χ0v) is 9.37. The Morgan fingerprint density at radius 1 is 1.44 bits per heavy atom. The van der Waals surface area contributed by atoms with Crippen molar-refractivity contribution >= 4 is 11.8 Å². The highest BCUT2D eigenvalue weighted by Crippen LogP contribution is 2.39. The number of carbonyl (C=O) groups is 1. The molecule has 0 radical (unpaired) electrons. The normalized spacial score (nSPS) is 23.9. The van der Waals surface area contributed by atoms with Gasteiger partial charge in [-0.15, -0.1) is 0 Å². The van der Waals surface area contributed by atoms with E-state index < -0.39 is 11.9 Å². The summed E-state index contributed by atoms with van der Waals surface area (Å²) in [6.07, 6.45) is 0.178. The summed E-state index contributed by atoms with van der Waals surface area (Å²) in [4.78, 5) is 13.1. The van der Waals surface area contributed by atoms with Crippen LogP contribution in [0.1, 0.15) is 25.8 Å². The Labute approximate surface area is 93.8 Å². The predicted octanol–water partition coefficient (Wildman–Crippen LogP) is 3.20. The molecule has 1 amide bonds. The van der Waals surface area contributed by atoms with Crippen molar-refractivity contribution in [2.45, 2.75) is 26.1 Å². The number of amides is 1. The summed E-state index contributed by atoms with van der Waals surface area (Å²) in [5.74, 6) is -2.03. The van der Waals surface area contributed by atoms with Crippen molar-refractivity contribution < 1.29 is 13.9 Å². The number of carbonyl (C=O) groups excluding carboxylic acids is 1. The minimum absolute atomic E-state index is 0.406. The van der Waals surface area contributed by atoms with Gasteiger partial charge in [0, 0.05) is 13.5 Å². The van der Waals surface area contributed by atoms with Gasteiger partial charge in [-0.3, -0.25) is 4.90 Å². The average Bonchev–Trinajstić information content (AvgIpc) is 2.24. The monoisotopic (exact) mass is 223 g/mol. The average molecular weight is 223 g/mol. The first kappa shape index (κ1) is 10.9. The van der Waals surface area contributed by atoms with Crippen LogP contribution in [0.5, 0.6) is 0 Å². The van der Waals surface area contributed by atoms with E-state index in [2.05, 4.69) is 0 Å². The summed E-state index contributed by atoms with van der Waals surface area (Å²) in [6.45, 7) is 3.75. The molecule has 1 aromatic carbocycles. The zero-order chi connectivity index (χ0) is 11.8. The smallest absolute Gasteiger partial charge is 0.408 e. The third kappa shape index (κ3) is 1.64. The van der Waals surface area contributed by atoms with Crippen LogP contribution in [0.25, 0.3) is 0 Å². The van der Waals surface area contributed by atoms with Gasteiger partial charge in [0.15, 0.2) is 0 Å². The van der Waals surface area contributed by atoms with Gasteiger partial charge in [0.25, 0.3) is 5.85 Å². The number of fused-ring (bicyclic) bond motifs is 1. The molecule has 0 fully saturated rings. The van der Waals surface area contributed by atoms with E-state index in [0.717, 1.165) is 6.42 Å². The highest BCUT2D eigenvalue weighted by Gasteiger charge is 2.41. The van der Waals surface area contributed by atoms with Gasteiger partial charge < -0.3 is 4.74 Å². The highest BCUT2D eigenvalue weighted by molar-refractivity contribution is 5.91. The fourth-order valence-electron chi connectivity index (χ4n) is 1.89. The minimum Gasteiger partial charge on any atom is -0.408 e. The second-order valence-corrected chi connectivity index (χ2v) is 3.95. The molecule has 0 saturated carbocycles. The first-order valence-electron chi connectivity index (χ1n) is 5.35. The molecule has 0 aromatic heterocycles. The number of cyclic esters (lactones) is 1. The van der Waals surface area contributed by atoms with E-state index in [4.69, 9.17) is 4.74 Å². The Morgan fingerprint density at radius 2 is 2.12 bits per heavy atom. The van der Waals surface area contributed by atoms with Crippen molar-refractivity contribution in [3.8, 4) is 0 Å². The number of nitrogens with zero attached hydrogens (tertiary/aromatic N) is 1. The van der Waals surface area contributed by atoms with Crippen LogP contribution in [0, 0.1) is 0 Å². The first-order chi connectivity index (χ1) is 7.56. The standard InChI is InChI=1S/C12H14FNO2/c1-3-8-14-10-7-5-4-6-9(10)12(2,13)16-11(14)15/h4-7H,3,8H2,1-2H3. The predicted molar refractivity (Wildman–Crippen MR) is 59.0 cm³/mol. The van der Waals surface area contributed by atoms with E-state index in [1.807, 2.05) is 6.92 Å². The summed E-state index contributed by atoms with van der Waals surface area (Å²) >= 11 is 0. The van der Waals surface area contributed by atoms with E-state index >= 15 is 0 Å². The van der Waals surface area contributed by atoms with Gasteiger partial charge in [-0.2, -0.15) is 4.39 Å². The van der Waals surface area contributed by atoms with Crippen molar-refractivity contribution in [1.82, 2.24) is 0 Å². The summed E-state index contributed by atoms with van der Waals surface area (Å²) < 4.78 is 18.8. The lowest BCUT2D eigenvalue weighted by atomic mass is 10.0. The van der Waals surface area contributed by atoms with Gasteiger partial charge in [-0.1, -0.05) is 25.1 Å².